The van der Waals surface area contributed by atoms with Gasteiger partial charge >= 0.3 is 0 Å². The first kappa shape index (κ1) is 15.4. The number of rotatable bonds is 5. The van der Waals surface area contributed by atoms with E-state index in [1.54, 1.807) is 20.3 Å². The zero-order valence-electron chi connectivity index (χ0n) is 12.6. The highest BCUT2D eigenvalue weighted by Crippen LogP contribution is 2.40. The van der Waals surface area contributed by atoms with Gasteiger partial charge in [-0.15, -0.1) is 0 Å². The number of carbonyl (C=O) groups is 2. The number of carbonyl (C=O) groups excluding carboxylic acids is 2. The molecule has 1 N–H and O–H groups in total. The van der Waals surface area contributed by atoms with Crippen LogP contribution in [0.5, 0.6) is 11.5 Å². The Morgan fingerprint density at radius 1 is 1.24 bits per heavy atom. The van der Waals surface area contributed by atoms with Crippen molar-refractivity contribution in [3.63, 3.8) is 0 Å². The number of methoxy groups -OCH3 is 2. The van der Waals surface area contributed by atoms with Crippen molar-refractivity contribution in [3.8, 4) is 11.5 Å². The van der Waals surface area contributed by atoms with E-state index in [9.17, 15) is 9.59 Å². The fourth-order valence-electron chi connectivity index (χ4n) is 2.90. The number of benzene rings is 1. The maximum absolute atomic E-state index is 12.1. The molecule has 1 aliphatic heterocycles. The molecule has 0 saturated carbocycles. The van der Waals surface area contributed by atoms with Crippen LogP contribution in [0.3, 0.4) is 0 Å². The lowest BCUT2D eigenvalue weighted by Gasteiger charge is -2.31. The Kier molecular flexibility index (Phi) is 4.83. The Hall–Kier alpha value is -2.04. The van der Waals surface area contributed by atoms with Crippen molar-refractivity contribution < 1.29 is 19.1 Å². The quantitative estimate of drug-likeness (QED) is 0.845. The third-order valence-corrected chi connectivity index (χ3v) is 3.93. The Labute approximate surface area is 124 Å². The van der Waals surface area contributed by atoms with Gasteiger partial charge in [-0.3, -0.25) is 14.9 Å². The first-order valence-corrected chi connectivity index (χ1v) is 7.16. The van der Waals surface area contributed by atoms with E-state index in [0.29, 0.717) is 17.9 Å². The normalized spacial score (nSPS) is 21.9. The summed E-state index contributed by atoms with van der Waals surface area (Å²) in [5.74, 6) is 0.588. The van der Waals surface area contributed by atoms with Crippen molar-refractivity contribution in [1.82, 2.24) is 5.32 Å². The smallest absolute Gasteiger partial charge is 0.230 e. The number of hydrogen-bond acceptors (Lipinski definition) is 4. The fraction of sp³-hybridized carbons (Fsp3) is 0.500. The van der Waals surface area contributed by atoms with Gasteiger partial charge < -0.3 is 9.47 Å². The average molecular weight is 291 g/mol. The molecule has 21 heavy (non-hydrogen) atoms. The molecule has 2 amide bonds. The molecule has 0 aliphatic carbocycles. The monoisotopic (exact) mass is 291 g/mol. The van der Waals surface area contributed by atoms with Crippen molar-refractivity contribution in [3.05, 3.63) is 23.8 Å². The minimum atomic E-state index is -0.227. The van der Waals surface area contributed by atoms with Crippen molar-refractivity contribution in [1.29, 1.82) is 0 Å². The molecule has 2 unspecified atom stereocenters. The van der Waals surface area contributed by atoms with Crippen LogP contribution < -0.4 is 14.8 Å². The highest BCUT2D eigenvalue weighted by molar-refractivity contribution is 6.00. The summed E-state index contributed by atoms with van der Waals surface area (Å²) in [6, 6.07) is 5.50. The lowest BCUT2D eigenvalue weighted by atomic mass is 9.77. The van der Waals surface area contributed by atoms with Crippen molar-refractivity contribution in [2.24, 2.45) is 5.92 Å². The van der Waals surface area contributed by atoms with Crippen LogP contribution in [0.2, 0.25) is 0 Å². The van der Waals surface area contributed by atoms with E-state index in [-0.39, 0.29) is 23.7 Å². The van der Waals surface area contributed by atoms with E-state index in [4.69, 9.17) is 9.47 Å². The van der Waals surface area contributed by atoms with Gasteiger partial charge in [0.15, 0.2) is 0 Å². The van der Waals surface area contributed by atoms with Crippen LogP contribution in [-0.4, -0.2) is 26.0 Å². The molecular weight excluding hydrogens is 270 g/mol. The van der Waals surface area contributed by atoms with E-state index in [1.165, 1.54) is 0 Å². The summed E-state index contributed by atoms with van der Waals surface area (Å²) < 4.78 is 10.6. The highest BCUT2D eigenvalue weighted by Gasteiger charge is 2.37. The van der Waals surface area contributed by atoms with Gasteiger partial charge in [-0.25, -0.2) is 0 Å². The highest BCUT2D eigenvalue weighted by atomic mass is 16.5. The summed E-state index contributed by atoms with van der Waals surface area (Å²) in [6.07, 6.45) is 1.94. The number of nitrogens with one attached hydrogen (secondary N) is 1. The fourth-order valence-corrected chi connectivity index (χ4v) is 2.90. The number of piperidine rings is 1. The number of hydrogen-bond donors (Lipinski definition) is 1. The predicted octanol–water partition coefficient (Wildman–Crippen LogP) is 2.25. The molecule has 1 aromatic carbocycles. The molecule has 0 spiro atoms. The minimum Gasteiger partial charge on any atom is -0.497 e. The summed E-state index contributed by atoms with van der Waals surface area (Å²) in [6.45, 7) is 2.03. The van der Waals surface area contributed by atoms with E-state index < -0.39 is 0 Å². The van der Waals surface area contributed by atoms with Gasteiger partial charge in [-0.05, 0) is 18.1 Å². The number of amides is 2. The van der Waals surface area contributed by atoms with Crippen LogP contribution in [-0.2, 0) is 9.59 Å². The first-order valence-electron chi connectivity index (χ1n) is 7.16. The number of imide groups is 1. The summed E-state index contributed by atoms with van der Waals surface area (Å²) in [7, 11) is 3.17. The Morgan fingerprint density at radius 3 is 2.62 bits per heavy atom. The van der Waals surface area contributed by atoms with E-state index in [2.05, 4.69) is 5.32 Å². The second-order valence-corrected chi connectivity index (χ2v) is 5.23. The lowest BCUT2D eigenvalue weighted by Crippen LogP contribution is -2.44. The molecule has 1 heterocycles. The summed E-state index contributed by atoms with van der Waals surface area (Å²) in [5.41, 5.74) is 0.889. The Morgan fingerprint density at radius 2 is 2.00 bits per heavy atom. The first-order chi connectivity index (χ1) is 10.1. The average Bonchev–Trinajstić information content (AvgIpc) is 2.49. The molecular formula is C16H21NO4. The van der Waals surface area contributed by atoms with Gasteiger partial charge in [0, 0.05) is 24.3 Å². The van der Waals surface area contributed by atoms with Crippen molar-refractivity contribution in [2.45, 2.75) is 32.1 Å². The van der Waals surface area contributed by atoms with Gasteiger partial charge in [0.05, 0.1) is 14.2 Å². The van der Waals surface area contributed by atoms with Gasteiger partial charge in [-0.2, -0.15) is 0 Å². The molecule has 0 aromatic heterocycles. The van der Waals surface area contributed by atoms with Gasteiger partial charge in [-0.1, -0.05) is 19.4 Å². The molecule has 2 atom stereocenters. The van der Waals surface area contributed by atoms with E-state index in [0.717, 1.165) is 18.4 Å². The van der Waals surface area contributed by atoms with Crippen LogP contribution in [0.25, 0.3) is 0 Å². The maximum atomic E-state index is 12.1. The summed E-state index contributed by atoms with van der Waals surface area (Å²) in [4.78, 5) is 23.8. The molecule has 5 heteroatoms. The Bertz CT molecular complexity index is 541. The van der Waals surface area contributed by atoms with Crippen LogP contribution in [0, 0.1) is 5.92 Å². The van der Waals surface area contributed by atoms with E-state index >= 15 is 0 Å². The minimum absolute atomic E-state index is 0.146. The predicted molar refractivity (Wildman–Crippen MR) is 78.5 cm³/mol. The van der Waals surface area contributed by atoms with Gasteiger partial charge in [0.25, 0.3) is 0 Å². The molecule has 1 saturated heterocycles. The number of ether oxygens (including phenoxy) is 2. The molecule has 0 radical (unpaired) electrons. The van der Waals surface area contributed by atoms with Gasteiger partial charge in [0.1, 0.15) is 11.5 Å². The zero-order valence-corrected chi connectivity index (χ0v) is 12.6. The maximum Gasteiger partial charge on any atom is 0.230 e. The largest absolute Gasteiger partial charge is 0.497 e. The van der Waals surface area contributed by atoms with Crippen LogP contribution in [0.4, 0.5) is 0 Å². The molecule has 2 rings (SSSR count). The van der Waals surface area contributed by atoms with Crippen molar-refractivity contribution >= 4 is 11.8 Å². The topological polar surface area (TPSA) is 64.6 Å². The summed E-state index contributed by atoms with van der Waals surface area (Å²) >= 11 is 0. The molecule has 5 nitrogen and oxygen atoms in total. The molecule has 1 aromatic rings. The van der Waals surface area contributed by atoms with Gasteiger partial charge in [0.2, 0.25) is 11.8 Å². The molecule has 114 valence electrons. The molecule has 1 aliphatic rings. The second-order valence-electron chi connectivity index (χ2n) is 5.23. The summed E-state index contributed by atoms with van der Waals surface area (Å²) in [5, 5.41) is 2.43. The molecule has 0 bridgehead atoms. The third kappa shape index (κ3) is 3.17. The standard InChI is InChI=1S/C16H21NO4/c1-4-5-12-13(9-15(18)17-16(12)19)11-7-6-10(20-2)8-14(11)21-3/h6-8,12-13H,4-5,9H2,1-3H3,(H,17,18,19). The Balaban J connectivity index is 2.40. The van der Waals surface area contributed by atoms with Crippen LogP contribution in [0.1, 0.15) is 37.7 Å². The molecule has 1 fully saturated rings. The van der Waals surface area contributed by atoms with Crippen LogP contribution in [0.15, 0.2) is 18.2 Å². The second kappa shape index (κ2) is 6.61. The third-order valence-electron chi connectivity index (χ3n) is 3.93. The SMILES string of the molecule is CCCC1C(=O)NC(=O)CC1c1ccc(OC)cc1OC. The van der Waals surface area contributed by atoms with Crippen LogP contribution >= 0.6 is 0 Å². The van der Waals surface area contributed by atoms with Crippen molar-refractivity contribution in [2.75, 3.05) is 14.2 Å². The zero-order chi connectivity index (χ0) is 15.4. The lowest BCUT2D eigenvalue weighted by molar-refractivity contribution is -0.137. The van der Waals surface area contributed by atoms with E-state index in [1.807, 2.05) is 19.1 Å².